The van der Waals surface area contributed by atoms with Gasteiger partial charge in [-0.15, -0.1) is 0 Å². The van der Waals surface area contributed by atoms with E-state index in [1.165, 1.54) is 11.3 Å². The number of nitrogen functional groups attached to an aromatic ring is 1. The molecule has 0 radical (unpaired) electrons. The van der Waals surface area contributed by atoms with E-state index in [4.69, 9.17) is 10.2 Å². The third-order valence-corrected chi connectivity index (χ3v) is 3.31. The van der Waals surface area contributed by atoms with Crippen molar-refractivity contribution in [1.29, 1.82) is 0 Å². The standard InChI is InChI=1S/C12H16N4O2S/c1-7(2)15-12-16-10(13)9(19-12)11(17)14-5-8-3-4-18-6-8/h3-4,6-7H,5,13H2,1-2H3,(H,14,17)(H,15,16). The summed E-state index contributed by atoms with van der Waals surface area (Å²) in [5, 5.41) is 6.55. The van der Waals surface area contributed by atoms with E-state index in [0.717, 1.165) is 5.56 Å². The molecule has 7 heteroatoms. The Balaban J connectivity index is 2.00. The molecule has 0 atom stereocenters. The van der Waals surface area contributed by atoms with Gasteiger partial charge >= 0.3 is 0 Å². The number of hydrogen-bond donors (Lipinski definition) is 3. The maximum Gasteiger partial charge on any atom is 0.265 e. The van der Waals surface area contributed by atoms with Crippen LogP contribution in [0.4, 0.5) is 10.9 Å². The van der Waals surface area contributed by atoms with Crippen LogP contribution in [0.25, 0.3) is 0 Å². The van der Waals surface area contributed by atoms with Crippen molar-refractivity contribution in [2.75, 3.05) is 11.1 Å². The van der Waals surface area contributed by atoms with Gasteiger partial charge in [-0.2, -0.15) is 0 Å². The summed E-state index contributed by atoms with van der Waals surface area (Å²) in [7, 11) is 0. The van der Waals surface area contributed by atoms with Crippen molar-refractivity contribution in [2.24, 2.45) is 0 Å². The summed E-state index contributed by atoms with van der Waals surface area (Å²) >= 11 is 1.25. The molecule has 0 aliphatic carbocycles. The molecule has 0 spiro atoms. The van der Waals surface area contributed by atoms with Crippen molar-refractivity contribution < 1.29 is 9.21 Å². The number of thiazole rings is 1. The quantitative estimate of drug-likeness (QED) is 0.779. The summed E-state index contributed by atoms with van der Waals surface area (Å²) in [6.07, 6.45) is 3.15. The maximum absolute atomic E-state index is 12.0. The minimum absolute atomic E-state index is 0.229. The summed E-state index contributed by atoms with van der Waals surface area (Å²) in [5.41, 5.74) is 6.65. The summed E-state index contributed by atoms with van der Waals surface area (Å²) in [6.45, 7) is 4.39. The fourth-order valence-electron chi connectivity index (χ4n) is 1.46. The predicted molar refractivity (Wildman–Crippen MR) is 75.2 cm³/mol. The van der Waals surface area contributed by atoms with E-state index in [-0.39, 0.29) is 17.8 Å². The minimum Gasteiger partial charge on any atom is -0.472 e. The van der Waals surface area contributed by atoms with Crippen LogP contribution < -0.4 is 16.4 Å². The number of carbonyl (C=O) groups is 1. The molecule has 1 amide bonds. The zero-order chi connectivity index (χ0) is 13.8. The average Bonchev–Trinajstić information content (AvgIpc) is 2.95. The van der Waals surface area contributed by atoms with Crippen molar-refractivity contribution in [2.45, 2.75) is 26.4 Å². The van der Waals surface area contributed by atoms with Crippen LogP contribution in [0.3, 0.4) is 0 Å². The molecular formula is C12H16N4O2S. The Labute approximate surface area is 115 Å². The molecule has 2 rings (SSSR count). The molecular weight excluding hydrogens is 264 g/mol. The molecule has 4 N–H and O–H groups in total. The summed E-state index contributed by atoms with van der Waals surface area (Å²) in [6, 6.07) is 2.04. The Kier molecular flexibility index (Phi) is 4.06. The number of nitrogens with one attached hydrogen (secondary N) is 2. The molecule has 0 aliphatic heterocycles. The van der Waals surface area contributed by atoms with E-state index in [0.29, 0.717) is 16.6 Å². The second-order valence-electron chi connectivity index (χ2n) is 4.35. The number of furan rings is 1. The lowest BCUT2D eigenvalue weighted by Crippen LogP contribution is -2.22. The van der Waals surface area contributed by atoms with Crippen LogP contribution in [0.5, 0.6) is 0 Å². The van der Waals surface area contributed by atoms with Gasteiger partial charge in [0.05, 0.1) is 12.5 Å². The van der Waals surface area contributed by atoms with Gasteiger partial charge in [0.25, 0.3) is 5.91 Å². The van der Waals surface area contributed by atoms with Gasteiger partial charge in [0.1, 0.15) is 10.7 Å². The van der Waals surface area contributed by atoms with Crippen molar-refractivity contribution >= 4 is 28.2 Å². The van der Waals surface area contributed by atoms with Gasteiger partial charge < -0.3 is 20.8 Å². The van der Waals surface area contributed by atoms with E-state index in [1.807, 2.05) is 13.8 Å². The number of aromatic nitrogens is 1. The number of hydrogen-bond acceptors (Lipinski definition) is 6. The SMILES string of the molecule is CC(C)Nc1nc(N)c(C(=O)NCc2ccoc2)s1. The molecule has 0 bridgehead atoms. The molecule has 2 aromatic heterocycles. The zero-order valence-corrected chi connectivity index (χ0v) is 11.6. The number of carbonyl (C=O) groups excluding carboxylic acids is 1. The number of amides is 1. The molecule has 0 aromatic carbocycles. The van der Waals surface area contributed by atoms with Crippen LogP contribution in [0, 0.1) is 0 Å². The summed E-state index contributed by atoms with van der Waals surface area (Å²) < 4.78 is 4.93. The second kappa shape index (κ2) is 5.75. The maximum atomic E-state index is 12.0. The first-order valence-corrected chi connectivity index (χ1v) is 6.70. The van der Waals surface area contributed by atoms with Crippen LogP contribution in [0.1, 0.15) is 29.1 Å². The largest absolute Gasteiger partial charge is 0.472 e. The Morgan fingerprint density at radius 2 is 2.37 bits per heavy atom. The monoisotopic (exact) mass is 280 g/mol. The minimum atomic E-state index is -0.229. The molecule has 0 saturated heterocycles. The first-order valence-electron chi connectivity index (χ1n) is 5.88. The van der Waals surface area contributed by atoms with Crippen LogP contribution >= 0.6 is 11.3 Å². The Morgan fingerprint density at radius 1 is 1.58 bits per heavy atom. The lowest BCUT2D eigenvalue weighted by atomic mass is 10.3. The first-order chi connectivity index (χ1) is 9.06. The normalized spacial score (nSPS) is 10.7. The highest BCUT2D eigenvalue weighted by Gasteiger charge is 2.16. The van der Waals surface area contributed by atoms with E-state index in [1.54, 1.807) is 18.6 Å². The Bertz CT molecular complexity index is 548. The third kappa shape index (κ3) is 3.47. The van der Waals surface area contributed by atoms with E-state index in [2.05, 4.69) is 15.6 Å². The predicted octanol–water partition coefficient (Wildman–Crippen LogP) is 2.07. The number of nitrogens with two attached hydrogens (primary N) is 1. The highest BCUT2D eigenvalue weighted by atomic mass is 32.1. The Morgan fingerprint density at radius 3 is 3.00 bits per heavy atom. The van der Waals surface area contributed by atoms with Gasteiger partial charge in [0.15, 0.2) is 5.13 Å². The molecule has 0 aliphatic rings. The lowest BCUT2D eigenvalue weighted by Gasteiger charge is -2.04. The third-order valence-electron chi connectivity index (χ3n) is 2.30. The lowest BCUT2D eigenvalue weighted by molar-refractivity contribution is 0.0955. The van der Waals surface area contributed by atoms with E-state index >= 15 is 0 Å². The topological polar surface area (TPSA) is 93.2 Å². The molecule has 19 heavy (non-hydrogen) atoms. The summed E-state index contributed by atoms with van der Waals surface area (Å²) in [5.74, 6) is 0.0193. The van der Waals surface area contributed by atoms with E-state index < -0.39 is 0 Å². The zero-order valence-electron chi connectivity index (χ0n) is 10.8. The fraction of sp³-hybridized carbons (Fsp3) is 0.333. The number of rotatable bonds is 5. The van der Waals surface area contributed by atoms with Crippen LogP contribution in [0.2, 0.25) is 0 Å². The molecule has 2 heterocycles. The molecule has 102 valence electrons. The second-order valence-corrected chi connectivity index (χ2v) is 5.35. The van der Waals surface area contributed by atoms with E-state index in [9.17, 15) is 4.79 Å². The highest BCUT2D eigenvalue weighted by molar-refractivity contribution is 7.18. The van der Waals surface area contributed by atoms with Gasteiger partial charge in [-0.25, -0.2) is 4.98 Å². The van der Waals surface area contributed by atoms with Gasteiger partial charge in [-0.3, -0.25) is 4.79 Å². The fourth-order valence-corrected chi connectivity index (χ4v) is 2.41. The van der Waals surface area contributed by atoms with Crippen LogP contribution in [0.15, 0.2) is 23.0 Å². The van der Waals surface area contributed by atoms with Crippen molar-refractivity contribution in [3.63, 3.8) is 0 Å². The smallest absolute Gasteiger partial charge is 0.265 e. The highest BCUT2D eigenvalue weighted by Crippen LogP contribution is 2.25. The first kappa shape index (κ1) is 13.4. The average molecular weight is 280 g/mol. The van der Waals surface area contributed by atoms with Gasteiger partial charge in [0.2, 0.25) is 0 Å². The van der Waals surface area contributed by atoms with Crippen molar-refractivity contribution in [3.05, 3.63) is 29.0 Å². The van der Waals surface area contributed by atoms with Gasteiger partial charge in [0, 0.05) is 18.2 Å². The molecule has 2 aromatic rings. The number of nitrogens with zero attached hydrogens (tertiary/aromatic N) is 1. The molecule has 0 fully saturated rings. The Hall–Kier alpha value is -2.02. The number of anilines is 2. The van der Waals surface area contributed by atoms with Crippen LogP contribution in [-0.2, 0) is 6.54 Å². The van der Waals surface area contributed by atoms with Crippen LogP contribution in [-0.4, -0.2) is 16.9 Å². The van der Waals surface area contributed by atoms with Gasteiger partial charge in [-0.1, -0.05) is 11.3 Å². The molecule has 6 nitrogen and oxygen atoms in total. The van der Waals surface area contributed by atoms with Crippen molar-refractivity contribution in [1.82, 2.24) is 10.3 Å². The van der Waals surface area contributed by atoms with Crippen molar-refractivity contribution in [3.8, 4) is 0 Å². The summed E-state index contributed by atoms with van der Waals surface area (Å²) in [4.78, 5) is 16.5. The molecule has 0 unspecified atom stereocenters. The van der Waals surface area contributed by atoms with Gasteiger partial charge in [-0.05, 0) is 19.9 Å². The molecule has 0 saturated carbocycles.